The Kier molecular flexibility index (Phi) is 40.1. The lowest BCUT2D eigenvalue weighted by Crippen LogP contribution is -2.46. The van der Waals surface area contributed by atoms with Crippen LogP contribution in [0.2, 0.25) is 0 Å². The number of aliphatic hydroxyl groups is 1. The summed E-state index contributed by atoms with van der Waals surface area (Å²) in [4.78, 5) is 25.3. The van der Waals surface area contributed by atoms with Gasteiger partial charge in [0.25, 0.3) is 7.82 Å². The Morgan fingerprint density at radius 3 is 1.37 bits per heavy atom. The maximum Gasteiger partial charge on any atom is 0.268 e. The van der Waals surface area contributed by atoms with Crippen molar-refractivity contribution >= 4 is 13.7 Å². The molecular weight excluding hydrogens is 732 g/mol. The summed E-state index contributed by atoms with van der Waals surface area (Å²) in [5, 5.41) is 13.9. The lowest BCUT2D eigenvalue weighted by Gasteiger charge is -2.30. The number of allylic oxidation sites excluding steroid dienone is 2. The first-order valence-corrected chi connectivity index (χ1v) is 26.0. The number of unbranched alkanes of at least 4 members (excludes halogenated alkanes) is 30. The number of phosphoric acid groups is 1. The van der Waals surface area contributed by atoms with E-state index in [2.05, 4.69) is 31.3 Å². The number of nitrogens with zero attached hydrogens (tertiary/aromatic N) is 1. The summed E-state index contributed by atoms with van der Waals surface area (Å²) in [5.74, 6) is -0.164. The largest absolute Gasteiger partial charge is 0.756 e. The molecule has 3 atom stereocenters. The van der Waals surface area contributed by atoms with Crippen molar-refractivity contribution in [1.29, 1.82) is 0 Å². The van der Waals surface area contributed by atoms with Crippen LogP contribution < -0.4 is 10.2 Å². The first-order valence-electron chi connectivity index (χ1n) is 24.5. The fourth-order valence-corrected chi connectivity index (χ4v) is 8.05. The minimum atomic E-state index is -4.56. The molecule has 1 amide bonds. The average molecular weight is 829 g/mol. The Balaban J connectivity index is 4.09. The molecule has 0 heterocycles. The summed E-state index contributed by atoms with van der Waals surface area (Å²) < 4.78 is 23.3. The van der Waals surface area contributed by atoms with Crippen LogP contribution in [0.3, 0.4) is 0 Å². The van der Waals surface area contributed by atoms with Gasteiger partial charge in [-0.2, -0.15) is 0 Å². The molecule has 0 aromatic carbocycles. The predicted octanol–water partition coefficient (Wildman–Crippen LogP) is 13.3. The zero-order chi connectivity index (χ0) is 42.1. The lowest BCUT2D eigenvalue weighted by molar-refractivity contribution is -0.870. The normalized spacial score (nSPS) is 14.3. The SMILES string of the molecule is CCCCCCCCCC/C=C\CCCCCCCCCCCCCCCC(=O)NC(COP(=O)([O-])OCC[N+](C)(C)C)C(O)CCCCCCCCCCCC. The zero-order valence-electron chi connectivity index (χ0n) is 38.6. The molecule has 340 valence electrons. The summed E-state index contributed by atoms with van der Waals surface area (Å²) in [5.41, 5.74) is 0. The molecule has 0 saturated carbocycles. The zero-order valence-corrected chi connectivity index (χ0v) is 39.5. The third kappa shape index (κ3) is 43.1. The van der Waals surface area contributed by atoms with E-state index in [-0.39, 0.29) is 19.1 Å². The van der Waals surface area contributed by atoms with Crippen molar-refractivity contribution in [3.63, 3.8) is 0 Å². The molecule has 0 aliphatic heterocycles. The van der Waals surface area contributed by atoms with Crippen LogP contribution in [-0.4, -0.2) is 68.5 Å². The highest BCUT2D eigenvalue weighted by atomic mass is 31.2. The van der Waals surface area contributed by atoms with Crippen LogP contribution in [0.5, 0.6) is 0 Å². The molecule has 2 N–H and O–H groups in total. The molecule has 0 bridgehead atoms. The molecule has 0 radical (unpaired) electrons. The summed E-state index contributed by atoms with van der Waals surface area (Å²) in [6.07, 6.45) is 46.6. The van der Waals surface area contributed by atoms with Crippen LogP contribution in [0.25, 0.3) is 0 Å². The van der Waals surface area contributed by atoms with Gasteiger partial charge in [0.05, 0.1) is 39.9 Å². The van der Waals surface area contributed by atoms with Crippen molar-refractivity contribution in [3.8, 4) is 0 Å². The summed E-state index contributed by atoms with van der Waals surface area (Å²) in [7, 11) is 1.31. The van der Waals surface area contributed by atoms with Crippen LogP contribution in [0.15, 0.2) is 12.2 Å². The molecule has 0 aromatic heterocycles. The molecule has 0 saturated heterocycles. The van der Waals surface area contributed by atoms with E-state index < -0.39 is 20.0 Å². The molecule has 0 rings (SSSR count). The van der Waals surface area contributed by atoms with E-state index in [4.69, 9.17) is 9.05 Å². The minimum Gasteiger partial charge on any atom is -0.756 e. The van der Waals surface area contributed by atoms with E-state index in [0.717, 1.165) is 38.5 Å². The maximum absolute atomic E-state index is 12.9. The highest BCUT2D eigenvalue weighted by Crippen LogP contribution is 2.38. The molecule has 0 aliphatic rings. The number of phosphoric ester groups is 1. The van der Waals surface area contributed by atoms with Crippen molar-refractivity contribution in [2.75, 3.05) is 40.9 Å². The fraction of sp³-hybridized carbons (Fsp3) is 0.938. The predicted molar refractivity (Wildman–Crippen MR) is 242 cm³/mol. The van der Waals surface area contributed by atoms with Gasteiger partial charge in [-0.1, -0.05) is 206 Å². The Labute approximate surface area is 354 Å². The number of likely N-dealkylation sites (N-methyl/N-ethyl adjacent to an activating group) is 1. The van der Waals surface area contributed by atoms with Gasteiger partial charge in [0, 0.05) is 6.42 Å². The Hall–Kier alpha value is -0.760. The van der Waals surface area contributed by atoms with Gasteiger partial charge in [0.2, 0.25) is 5.91 Å². The van der Waals surface area contributed by atoms with E-state index in [9.17, 15) is 19.4 Å². The van der Waals surface area contributed by atoms with Crippen LogP contribution in [-0.2, 0) is 18.4 Å². The highest BCUT2D eigenvalue weighted by molar-refractivity contribution is 7.45. The third-order valence-electron chi connectivity index (χ3n) is 11.3. The quantitative estimate of drug-likeness (QED) is 0.0274. The van der Waals surface area contributed by atoms with Crippen LogP contribution in [0, 0.1) is 0 Å². The molecule has 57 heavy (non-hydrogen) atoms. The van der Waals surface area contributed by atoms with E-state index in [1.807, 2.05) is 21.1 Å². The molecule has 0 aromatic rings. The van der Waals surface area contributed by atoms with Gasteiger partial charge in [-0.25, -0.2) is 0 Å². The number of hydrogen-bond acceptors (Lipinski definition) is 6. The molecule has 9 heteroatoms. The van der Waals surface area contributed by atoms with E-state index in [1.54, 1.807) is 0 Å². The second kappa shape index (κ2) is 40.6. The van der Waals surface area contributed by atoms with Gasteiger partial charge in [-0.15, -0.1) is 0 Å². The Bertz CT molecular complexity index is 942. The molecule has 0 aliphatic carbocycles. The number of nitrogens with one attached hydrogen (secondary N) is 1. The first kappa shape index (κ1) is 56.2. The maximum atomic E-state index is 12.9. The summed E-state index contributed by atoms with van der Waals surface area (Å²) in [6, 6.07) is -0.795. The van der Waals surface area contributed by atoms with E-state index >= 15 is 0 Å². The summed E-state index contributed by atoms with van der Waals surface area (Å²) >= 11 is 0. The Morgan fingerprint density at radius 2 is 0.965 bits per heavy atom. The Morgan fingerprint density at radius 1 is 0.596 bits per heavy atom. The van der Waals surface area contributed by atoms with Crippen LogP contribution in [0.1, 0.15) is 239 Å². The van der Waals surface area contributed by atoms with Crippen molar-refractivity contribution in [3.05, 3.63) is 12.2 Å². The van der Waals surface area contributed by atoms with Gasteiger partial charge >= 0.3 is 0 Å². The molecule has 8 nitrogen and oxygen atoms in total. The van der Waals surface area contributed by atoms with Gasteiger partial charge in [-0.05, 0) is 38.5 Å². The van der Waals surface area contributed by atoms with Gasteiger partial charge in [0.15, 0.2) is 0 Å². The van der Waals surface area contributed by atoms with E-state index in [0.29, 0.717) is 23.9 Å². The average Bonchev–Trinajstić information content (AvgIpc) is 3.16. The fourth-order valence-electron chi connectivity index (χ4n) is 7.33. The minimum absolute atomic E-state index is 0.0143. The molecule has 0 fully saturated rings. The van der Waals surface area contributed by atoms with E-state index in [1.165, 1.54) is 173 Å². The monoisotopic (exact) mass is 829 g/mol. The topological polar surface area (TPSA) is 108 Å². The number of carbonyl (C=O) groups is 1. The standard InChI is InChI=1S/C48H97N2O6P/c1-6-8-10-12-14-16-18-19-20-21-22-23-24-25-26-27-28-29-30-31-32-34-36-38-40-42-48(52)49-46(45-56-57(53,54)55-44-43-50(3,4)5)47(51)41-39-37-35-33-17-15-13-11-9-7-2/h21-22,46-47,51H,6-20,23-45H2,1-5H3,(H-,49,52,53,54)/b22-21-. The molecule has 3 unspecified atom stereocenters. The lowest BCUT2D eigenvalue weighted by atomic mass is 10.0. The number of aliphatic hydroxyl groups excluding tert-OH is 1. The molecule has 0 spiro atoms. The summed E-state index contributed by atoms with van der Waals surface area (Å²) in [6.45, 7) is 4.72. The van der Waals surface area contributed by atoms with Crippen molar-refractivity contribution < 1.29 is 32.9 Å². The number of rotatable bonds is 45. The smallest absolute Gasteiger partial charge is 0.268 e. The van der Waals surface area contributed by atoms with Crippen LogP contribution >= 0.6 is 7.82 Å². The van der Waals surface area contributed by atoms with Crippen molar-refractivity contribution in [2.24, 2.45) is 0 Å². The number of carbonyl (C=O) groups excluding carboxylic acids is 1. The van der Waals surface area contributed by atoms with Crippen LogP contribution in [0.4, 0.5) is 0 Å². The third-order valence-corrected chi connectivity index (χ3v) is 12.2. The van der Waals surface area contributed by atoms with Gasteiger partial charge in [-0.3, -0.25) is 9.36 Å². The number of quaternary nitrogens is 1. The van der Waals surface area contributed by atoms with Crippen molar-refractivity contribution in [1.82, 2.24) is 5.32 Å². The highest BCUT2D eigenvalue weighted by Gasteiger charge is 2.24. The van der Waals surface area contributed by atoms with Crippen molar-refractivity contribution in [2.45, 2.75) is 251 Å². The molecular formula is C48H97N2O6P. The second-order valence-electron chi connectivity index (χ2n) is 18.2. The van der Waals surface area contributed by atoms with Gasteiger partial charge in [0.1, 0.15) is 13.2 Å². The number of amides is 1. The van der Waals surface area contributed by atoms with Gasteiger partial charge < -0.3 is 28.8 Å². The number of hydrogen-bond donors (Lipinski definition) is 2. The second-order valence-corrected chi connectivity index (χ2v) is 19.6. The first-order chi connectivity index (χ1) is 27.5.